The van der Waals surface area contributed by atoms with Gasteiger partial charge in [0.15, 0.2) is 0 Å². The maximum atomic E-state index is 13.3. The summed E-state index contributed by atoms with van der Waals surface area (Å²) < 4.78 is 40.8. The highest BCUT2D eigenvalue weighted by Crippen LogP contribution is 2.20. The van der Waals surface area contributed by atoms with E-state index in [1.807, 2.05) is 13.0 Å². The Balaban J connectivity index is 1.87. The first-order valence-electron chi connectivity index (χ1n) is 9.39. The Morgan fingerprint density at radius 3 is 2.39 bits per heavy atom. The third kappa shape index (κ3) is 5.75. The number of nitrogens with zero attached hydrogens (tertiary/aromatic N) is 2. The standard InChI is InChI=1S/C23H20FN3O3S/c1-17-5-11-22(12-6-17)31(29,30)27(15-18-7-9-20(24)10-8-18)16-23(28)26-21-4-2-3-19(13-21)14-25/h2-13H,15-16H2,1H3,(H,26,28). The van der Waals surface area contributed by atoms with E-state index in [1.165, 1.54) is 42.5 Å². The molecule has 0 atom stereocenters. The number of nitrogens with one attached hydrogen (secondary N) is 1. The molecule has 0 radical (unpaired) electrons. The van der Waals surface area contributed by atoms with Crippen molar-refractivity contribution < 1.29 is 17.6 Å². The number of hydrogen-bond acceptors (Lipinski definition) is 4. The molecule has 3 aromatic rings. The van der Waals surface area contributed by atoms with E-state index in [-0.39, 0.29) is 11.4 Å². The molecule has 6 nitrogen and oxygen atoms in total. The number of anilines is 1. The Hall–Kier alpha value is -3.54. The Bertz CT molecular complexity index is 1220. The zero-order chi connectivity index (χ0) is 22.4. The van der Waals surface area contributed by atoms with Crippen LogP contribution in [0.2, 0.25) is 0 Å². The van der Waals surface area contributed by atoms with Crippen LogP contribution < -0.4 is 5.32 Å². The molecule has 0 bridgehead atoms. The van der Waals surface area contributed by atoms with Gasteiger partial charge in [-0.3, -0.25) is 4.79 Å². The third-order valence-electron chi connectivity index (χ3n) is 4.53. The van der Waals surface area contributed by atoms with Gasteiger partial charge in [0.25, 0.3) is 0 Å². The highest BCUT2D eigenvalue weighted by Gasteiger charge is 2.27. The summed E-state index contributed by atoms with van der Waals surface area (Å²) in [6.45, 7) is 1.28. The highest BCUT2D eigenvalue weighted by molar-refractivity contribution is 7.89. The summed E-state index contributed by atoms with van der Waals surface area (Å²) in [5, 5.41) is 11.6. The number of aryl methyl sites for hydroxylation is 1. The zero-order valence-electron chi connectivity index (χ0n) is 16.7. The SMILES string of the molecule is Cc1ccc(S(=O)(=O)N(CC(=O)Nc2cccc(C#N)c2)Cc2ccc(F)cc2)cc1. The molecule has 0 unspecified atom stereocenters. The molecule has 31 heavy (non-hydrogen) atoms. The lowest BCUT2D eigenvalue weighted by atomic mass is 10.2. The fourth-order valence-electron chi connectivity index (χ4n) is 2.91. The van der Waals surface area contributed by atoms with E-state index < -0.39 is 28.3 Å². The van der Waals surface area contributed by atoms with Crippen LogP contribution in [0.25, 0.3) is 0 Å². The van der Waals surface area contributed by atoms with Crippen molar-refractivity contribution in [2.45, 2.75) is 18.4 Å². The van der Waals surface area contributed by atoms with E-state index >= 15 is 0 Å². The summed E-state index contributed by atoms with van der Waals surface area (Å²) in [5.74, 6) is -1.00. The molecule has 0 aliphatic carbocycles. The number of rotatable bonds is 7. The van der Waals surface area contributed by atoms with Crippen LogP contribution in [-0.4, -0.2) is 25.2 Å². The van der Waals surface area contributed by atoms with Crippen molar-refractivity contribution in [1.82, 2.24) is 4.31 Å². The predicted octanol–water partition coefficient (Wildman–Crippen LogP) is 3.84. The second kappa shape index (κ2) is 9.51. The van der Waals surface area contributed by atoms with Crippen molar-refractivity contribution >= 4 is 21.6 Å². The number of hydrogen-bond donors (Lipinski definition) is 1. The number of amides is 1. The van der Waals surface area contributed by atoms with Crippen LogP contribution in [0, 0.1) is 24.1 Å². The smallest absolute Gasteiger partial charge is 0.243 e. The fraction of sp³-hybridized carbons (Fsp3) is 0.130. The quantitative estimate of drug-likeness (QED) is 0.608. The largest absolute Gasteiger partial charge is 0.325 e. The van der Waals surface area contributed by atoms with Crippen molar-refractivity contribution in [2.75, 3.05) is 11.9 Å². The summed E-state index contributed by atoms with van der Waals surface area (Å²) in [4.78, 5) is 12.7. The molecule has 1 N–H and O–H groups in total. The van der Waals surface area contributed by atoms with Crippen molar-refractivity contribution in [3.63, 3.8) is 0 Å². The predicted molar refractivity (Wildman–Crippen MR) is 115 cm³/mol. The average molecular weight is 437 g/mol. The van der Waals surface area contributed by atoms with Gasteiger partial charge >= 0.3 is 0 Å². The maximum absolute atomic E-state index is 13.3. The number of carbonyl (C=O) groups excluding carboxylic acids is 1. The highest BCUT2D eigenvalue weighted by atomic mass is 32.2. The summed E-state index contributed by atoms with van der Waals surface area (Å²) in [6.07, 6.45) is 0. The maximum Gasteiger partial charge on any atom is 0.243 e. The van der Waals surface area contributed by atoms with Crippen molar-refractivity contribution in [3.05, 3.63) is 95.3 Å². The van der Waals surface area contributed by atoms with Gasteiger partial charge in [0, 0.05) is 12.2 Å². The second-order valence-electron chi connectivity index (χ2n) is 6.95. The number of halogens is 1. The van der Waals surface area contributed by atoms with Crippen molar-refractivity contribution in [1.29, 1.82) is 5.26 Å². The monoisotopic (exact) mass is 437 g/mol. The van der Waals surface area contributed by atoms with Crippen LogP contribution in [0.15, 0.2) is 77.7 Å². The van der Waals surface area contributed by atoms with Gasteiger partial charge < -0.3 is 5.32 Å². The van der Waals surface area contributed by atoms with Gasteiger partial charge in [-0.1, -0.05) is 35.9 Å². The van der Waals surface area contributed by atoms with Gasteiger partial charge in [-0.2, -0.15) is 9.57 Å². The fourth-order valence-corrected chi connectivity index (χ4v) is 4.29. The van der Waals surface area contributed by atoms with Crippen molar-refractivity contribution in [2.24, 2.45) is 0 Å². The molecule has 0 aromatic heterocycles. The molecule has 0 aliphatic rings. The van der Waals surface area contributed by atoms with Gasteiger partial charge in [-0.25, -0.2) is 12.8 Å². The molecular formula is C23H20FN3O3S. The first-order chi connectivity index (χ1) is 14.8. The second-order valence-corrected chi connectivity index (χ2v) is 8.89. The molecule has 0 heterocycles. The minimum absolute atomic E-state index is 0.0551. The first-order valence-corrected chi connectivity index (χ1v) is 10.8. The van der Waals surface area contributed by atoms with E-state index in [9.17, 15) is 17.6 Å². The summed E-state index contributed by atoms with van der Waals surface area (Å²) in [5.41, 5.74) is 2.20. The van der Waals surface area contributed by atoms with E-state index in [1.54, 1.807) is 30.3 Å². The normalized spacial score (nSPS) is 11.2. The van der Waals surface area contributed by atoms with Crippen LogP contribution in [0.4, 0.5) is 10.1 Å². The van der Waals surface area contributed by atoms with Crippen molar-refractivity contribution in [3.8, 4) is 6.07 Å². The summed E-state index contributed by atoms with van der Waals surface area (Å²) >= 11 is 0. The third-order valence-corrected chi connectivity index (χ3v) is 6.33. The molecule has 158 valence electrons. The lowest BCUT2D eigenvalue weighted by molar-refractivity contribution is -0.116. The van der Waals surface area contributed by atoms with Gasteiger partial charge in [0.2, 0.25) is 15.9 Å². The summed E-state index contributed by atoms with van der Waals surface area (Å²) in [7, 11) is -4.00. The molecule has 0 saturated heterocycles. The van der Waals surface area contributed by atoms with Crippen LogP contribution in [0.3, 0.4) is 0 Å². The lowest BCUT2D eigenvalue weighted by Crippen LogP contribution is -2.37. The van der Waals surface area contributed by atoms with Gasteiger partial charge in [0.05, 0.1) is 23.1 Å². The van der Waals surface area contributed by atoms with Gasteiger partial charge in [-0.15, -0.1) is 0 Å². The molecule has 0 fully saturated rings. The molecule has 0 spiro atoms. The average Bonchev–Trinajstić information content (AvgIpc) is 2.75. The van der Waals surface area contributed by atoms with E-state index in [2.05, 4.69) is 5.32 Å². The zero-order valence-corrected chi connectivity index (χ0v) is 17.6. The van der Waals surface area contributed by atoms with E-state index in [0.717, 1.165) is 9.87 Å². The van der Waals surface area contributed by atoms with Gasteiger partial charge in [0.1, 0.15) is 5.82 Å². The molecule has 0 aliphatic heterocycles. The Kier molecular flexibility index (Phi) is 6.80. The van der Waals surface area contributed by atoms with Crippen LogP contribution in [0.5, 0.6) is 0 Å². The minimum Gasteiger partial charge on any atom is -0.325 e. The molecule has 8 heteroatoms. The Labute approximate surface area is 180 Å². The van der Waals surface area contributed by atoms with Crippen LogP contribution in [-0.2, 0) is 21.4 Å². The molecule has 1 amide bonds. The number of nitriles is 1. The van der Waals surface area contributed by atoms with E-state index in [0.29, 0.717) is 16.8 Å². The number of carbonyl (C=O) groups is 1. The lowest BCUT2D eigenvalue weighted by Gasteiger charge is -2.22. The molecule has 0 saturated carbocycles. The van der Waals surface area contributed by atoms with E-state index in [4.69, 9.17) is 5.26 Å². The summed E-state index contributed by atoms with van der Waals surface area (Å²) in [6, 6.07) is 20.0. The van der Waals surface area contributed by atoms with Crippen LogP contribution in [0.1, 0.15) is 16.7 Å². The number of sulfonamides is 1. The Morgan fingerprint density at radius 2 is 1.74 bits per heavy atom. The minimum atomic E-state index is -4.00. The first kappa shape index (κ1) is 22.2. The molecular weight excluding hydrogens is 417 g/mol. The topological polar surface area (TPSA) is 90.3 Å². The van der Waals surface area contributed by atoms with Crippen LogP contribution >= 0.6 is 0 Å². The molecule has 3 aromatic carbocycles. The van der Waals surface area contributed by atoms with Gasteiger partial charge in [-0.05, 0) is 55.0 Å². The Morgan fingerprint density at radius 1 is 1.06 bits per heavy atom. The molecule has 3 rings (SSSR count). The number of benzene rings is 3.